The molecule has 16 heavy (non-hydrogen) atoms. The van der Waals surface area contributed by atoms with Gasteiger partial charge < -0.3 is 16.4 Å². The number of rotatable bonds is 5. The van der Waals surface area contributed by atoms with Crippen LogP contribution >= 0.6 is 0 Å². The summed E-state index contributed by atoms with van der Waals surface area (Å²) in [5.74, 6) is 1.45. The normalized spacial score (nSPS) is 36.6. The molecule has 2 bridgehead atoms. The second-order valence-corrected chi connectivity index (χ2v) is 5.18. The van der Waals surface area contributed by atoms with E-state index >= 15 is 0 Å². The van der Waals surface area contributed by atoms with Crippen molar-refractivity contribution in [2.24, 2.45) is 23.5 Å². The van der Waals surface area contributed by atoms with E-state index in [2.05, 4.69) is 10.6 Å². The highest BCUT2D eigenvalue weighted by molar-refractivity contribution is 5.80. The molecule has 0 aromatic rings. The summed E-state index contributed by atoms with van der Waals surface area (Å²) in [5, 5.41) is 6.09. The van der Waals surface area contributed by atoms with Crippen molar-refractivity contribution in [1.29, 1.82) is 0 Å². The zero-order valence-corrected chi connectivity index (χ0v) is 10.0. The summed E-state index contributed by atoms with van der Waals surface area (Å²) in [5.41, 5.74) is 6.12. The Kier molecular flexibility index (Phi) is 3.82. The van der Waals surface area contributed by atoms with Crippen LogP contribution in [0.4, 0.5) is 0 Å². The Balaban J connectivity index is 1.77. The van der Waals surface area contributed by atoms with Crippen molar-refractivity contribution >= 4 is 5.91 Å². The molecule has 2 aliphatic carbocycles. The Morgan fingerprint density at radius 2 is 2.06 bits per heavy atom. The van der Waals surface area contributed by atoms with Gasteiger partial charge in [-0.2, -0.15) is 0 Å². The first-order chi connectivity index (χ1) is 7.74. The first kappa shape index (κ1) is 11.9. The summed E-state index contributed by atoms with van der Waals surface area (Å²) in [6, 6.07) is 0.114. The fraction of sp³-hybridized carbons (Fsp3) is 0.917. The lowest BCUT2D eigenvalue weighted by molar-refractivity contribution is -0.127. The van der Waals surface area contributed by atoms with Crippen molar-refractivity contribution in [2.45, 2.75) is 31.7 Å². The van der Waals surface area contributed by atoms with Crippen molar-refractivity contribution in [3.8, 4) is 0 Å². The van der Waals surface area contributed by atoms with E-state index in [0.29, 0.717) is 11.8 Å². The maximum absolute atomic E-state index is 12.0. The van der Waals surface area contributed by atoms with Gasteiger partial charge in [0.05, 0.1) is 5.92 Å². The van der Waals surface area contributed by atoms with Gasteiger partial charge in [-0.15, -0.1) is 0 Å². The number of nitrogens with one attached hydrogen (secondary N) is 2. The van der Waals surface area contributed by atoms with Crippen LogP contribution in [-0.2, 0) is 4.79 Å². The van der Waals surface area contributed by atoms with Crippen molar-refractivity contribution in [1.82, 2.24) is 10.6 Å². The fourth-order valence-electron chi connectivity index (χ4n) is 3.32. The highest BCUT2D eigenvalue weighted by Gasteiger charge is 2.48. The lowest BCUT2D eigenvalue weighted by atomic mass is 9.84. The van der Waals surface area contributed by atoms with Crippen LogP contribution < -0.4 is 16.4 Å². The zero-order valence-electron chi connectivity index (χ0n) is 10.0. The van der Waals surface area contributed by atoms with Crippen molar-refractivity contribution in [3.63, 3.8) is 0 Å². The molecule has 2 saturated carbocycles. The molecule has 0 radical (unpaired) electrons. The minimum Gasteiger partial charge on any atom is -0.356 e. The summed E-state index contributed by atoms with van der Waals surface area (Å²) >= 11 is 0. The van der Waals surface area contributed by atoms with Gasteiger partial charge in [-0.05, 0) is 51.1 Å². The Bertz CT molecular complexity index is 255. The number of nitrogens with two attached hydrogens (primary N) is 1. The number of fused-ring (bicyclic) bond motifs is 2. The number of hydrogen-bond donors (Lipinski definition) is 3. The third-order valence-electron chi connectivity index (χ3n) is 4.19. The lowest BCUT2D eigenvalue weighted by Crippen LogP contribution is -2.45. The van der Waals surface area contributed by atoms with Crippen LogP contribution in [0.3, 0.4) is 0 Å². The van der Waals surface area contributed by atoms with Crippen molar-refractivity contribution in [2.75, 3.05) is 20.1 Å². The lowest BCUT2D eigenvalue weighted by Gasteiger charge is -2.27. The minimum atomic E-state index is 0.0911. The highest BCUT2D eigenvalue weighted by Crippen LogP contribution is 2.47. The molecule has 1 amide bonds. The third kappa shape index (κ3) is 2.23. The van der Waals surface area contributed by atoms with Gasteiger partial charge >= 0.3 is 0 Å². The second-order valence-electron chi connectivity index (χ2n) is 5.18. The van der Waals surface area contributed by atoms with Gasteiger partial charge in [0.25, 0.3) is 0 Å². The molecular formula is C12H23N3O. The van der Waals surface area contributed by atoms with Crippen LogP contribution in [0, 0.1) is 17.8 Å². The molecule has 0 heterocycles. The Hall–Kier alpha value is -0.610. The van der Waals surface area contributed by atoms with Crippen LogP contribution in [0.1, 0.15) is 25.7 Å². The smallest absolute Gasteiger partial charge is 0.224 e. The molecule has 4 heteroatoms. The Labute approximate surface area is 97.3 Å². The summed E-state index contributed by atoms with van der Waals surface area (Å²) in [6.45, 7) is 1.71. The van der Waals surface area contributed by atoms with Crippen LogP contribution in [0.5, 0.6) is 0 Å². The first-order valence-electron chi connectivity index (χ1n) is 6.42. The quantitative estimate of drug-likeness (QED) is 0.581. The average molecular weight is 225 g/mol. The van der Waals surface area contributed by atoms with Gasteiger partial charge in [0.15, 0.2) is 0 Å². The third-order valence-corrected chi connectivity index (χ3v) is 4.19. The van der Waals surface area contributed by atoms with Crippen LogP contribution in [0.25, 0.3) is 0 Å². The predicted octanol–water partition coefficient (Wildman–Crippen LogP) is 0.0855. The van der Waals surface area contributed by atoms with E-state index < -0.39 is 0 Å². The van der Waals surface area contributed by atoms with E-state index in [-0.39, 0.29) is 17.9 Å². The largest absolute Gasteiger partial charge is 0.356 e. The number of hydrogen-bond acceptors (Lipinski definition) is 3. The number of carbonyl (C=O) groups is 1. The topological polar surface area (TPSA) is 67.1 Å². The van der Waals surface area contributed by atoms with Gasteiger partial charge in [0.2, 0.25) is 5.91 Å². The molecule has 2 rings (SSSR count). The van der Waals surface area contributed by atoms with Gasteiger partial charge in [0, 0.05) is 12.6 Å². The van der Waals surface area contributed by atoms with E-state index in [4.69, 9.17) is 5.73 Å². The number of amides is 1. The summed E-state index contributed by atoms with van der Waals surface area (Å²) in [7, 11) is 1.92. The van der Waals surface area contributed by atoms with E-state index in [1.807, 2.05) is 7.05 Å². The van der Waals surface area contributed by atoms with Crippen molar-refractivity contribution in [3.05, 3.63) is 0 Å². The zero-order chi connectivity index (χ0) is 11.5. The maximum Gasteiger partial charge on any atom is 0.224 e. The van der Waals surface area contributed by atoms with E-state index in [9.17, 15) is 4.79 Å². The molecular weight excluding hydrogens is 202 g/mol. The molecule has 4 atom stereocenters. The fourth-order valence-corrected chi connectivity index (χ4v) is 3.32. The molecule has 0 saturated heterocycles. The second kappa shape index (κ2) is 5.15. The molecule has 4 unspecified atom stereocenters. The van der Waals surface area contributed by atoms with Gasteiger partial charge in [0.1, 0.15) is 0 Å². The predicted molar refractivity (Wildman–Crippen MR) is 63.8 cm³/mol. The molecule has 0 aromatic carbocycles. The molecule has 92 valence electrons. The Morgan fingerprint density at radius 3 is 2.69 bits per heavy atom. The number of carbonyl (C=O) groups excluding carboxylic acids is 1. The molecule has 0 aliphatic heterocycles. The molecule has 0 spiro atoms. The molecule has 2 fully saturated rings. The van der Waals surface area contributed by atoms with E-state index in [1.165, 1.54) is 19.3 Å². The average Bonchev–Trinajstić information content (AvgIpc) is 2.84. The molecule has 0 aromatic heterocycles. The minimum absolute atomic E-state index is 0.0911. The van der Waals surface area contributed by atoms with Gasteiger partial charge in [-0.3, -0.25) is 4.79 Å². The van der Waals surface area contributed by atoms with Gasteiger partial charge in [-0.25, -0.2) is 0 Å². The van der Waals surface area contributed by atoms with E-state index in [0.717, 1.165) is 19.5 Å². The van der Waals surface area contributed by atoms with Crippen molar-refractivity contribution < 1.29 is 4.79 Å². The summed E-state index contributed by atoms with van der Waals surface area (Å²) in [6.07, 6.45) is 4.59. The highest BCUT2D eigenvalue weighted by atomic mass is 16.1. The summed E-state index contributed by atoms with van der Waals surface area (Å²) in [4.78, 5) is 12.0. The molecule has 2 aliphatic rings. The standard InChI is InChI=1S/C12H23N3O/c1-14-5-2-6-15-12(16)10-8-3-4-9(7-8)11(10)13/h8-11,14H,2-7,13H2,1H3,(H,15,16). The summed E-state index contributed by atoms with van der Waals surface area (Å²) < 4.78 is 0. The first-order valence-corrected chi connectivity index (χ1v) is 6.42. The van der Waals surface area contributed by atoms with Crippen LogP contribution in [-0.4, -0.2) is 32.1 Å². The van der Waals surface area contributed by atoms with Crippen LogP contribution in [0.15, 0.2) is 0 Å². The van der Waals surface area contributed by atoms with E-state index in [1.54, 1.807) is 0 Å². The Morgan fingerprint density at radius 1 is 1.31 bits per heavy atom. The van der Waals surface area contributed by atoms with Gasteiger partial charge in [-0.1, -0.05) is 0 Å². The maximum atomic E-state index is 12.0. The molecule has 4 nitrogen and oxygen atoms in total. The SMILES string of the molecule is CNCCCNC(=O)C1C2CCC(C2)C1N. The monoisotopic (exact) mass is 225 g/mol. The molecule has 4 N–H and O–H groups in total. The van der Waals surface area contributed by atoms with Crippen LogP contribution in [0.2, 0.25) is 0 Å².